The second-order valence-corrected chi connectivity index (χ2v) is 9.95. The SMILES string of the molecule is Cc1[nH]ncc1N(C[C@@H]1CCCN1C)S(=O)(=O)N(OC(=O)C(F)(F)F)C(=O)OC(C)(C)C. The molecule has 1 aromatic rings. The Morgan fingerprint density at radius 3 is 2.38 bits per heavy atom. The number of anilines is 1. The van der Waals surface area contributed by atoms with Crippen LogP contribution < -0.4 is 4.31 Å². The van der Waals surface area contributed by atoms with Crippen LogP contribution in [-0.2, 0) is 24.6 Å². The van der Waals surface area contributed by atoms with Crippen LogP contribution in [0.4, 0.5) is 23.7 Å². The van der Waals surface area contributed by atoms with Gasteiger partial charge in [-0.05, 0) is 58.6 Å². The minimum Gasteiger partial charge on any atom is -0.441 e. The van der Waals surface area contributed by atoms with E-state index in [0.717, 1.165) is 12.6 Å². The monoisotopic (exact) mass is 485 g/mol. The molecule has 1 aromatic heterocycles. The Bertz CT molecular complexity index is 943. The van der Waals surface area contributed by atoms with E-state index in [2.05, 4.69) is 15.0 Å². The van der Waals surface area contributed by atoms with Gasteiger partial charge in [0.2, 0.25) is 0 Å². The quantitative estimate of drug-likeness (QED) is 0.629. The number of likely N-dealkylation sites (N-methyl/N-ethyl adjacent to an activating group) is 1. The summed E-state index contributed by atoms with van der Waals surface area (Å²) in [5, 5.41) is 6.28. The molecule has 0 spiro atoms. The molecule has 32 heavy (non-hydrogen) atoms. The molecule has 182 valence electrons. The highest BCUT2D eigenvalue weighted by Crippen LogP contribution is 2.29. The van der Waals surface area contributed by atoms with Gasteiger partial charge in [0.1, 0.15) is 5.60 Å². The van der Waals surface area contributed by atoms with Gasteiger partial charge in [0, 0.05) is 6.04 Å². The van der Waals surface area contributed by atoms with Crippen molar-refractivity contribution in [2.45, 2.75) is 58.4 Å². The first kappa shape index (κ1) is 25.7. The molecule has 1 atom stereocenters. The predicted octanol–water partition coefficient (Wildman–Crippen LogP) is 2.12. The van der Waals surface area contributed by atoms with Crippen molar-refractivity contribution in [3.05, 3.63) is 11.9 Å². The Balaban J connectivity index is 2.53. The summed E-state index contributed by atoms with van der Waals surface area (Å²) in [4.78, 5) is 29.9. The molecule has 1 saturated heterocycles. The van der Waals surface area contributed by atoms with E-state index in [1.165, 1.54) is 27.7 Å². The van der Waals surface area contributed by atoms with Crippen LogP contribution in [0, 0.1) is 6.92 Å². The molecule has 15 heteroatoms. The van der Waals surface area contributed by atoms with E-state index >= 15 is 0 Å². The Morgan fingerprint density at radius 1 is 1.31 bits per heavy atom. The highest BCUT2D eigenvalue weighted by Gasteiger charge is 2.49. The fourth-order valence-electron chi connectivity index (χ4n) is 3.01. The van der Waals surface area contributed by atoms with E-state index < -0.39 is 38.5 Å². The lowest BCUT2D eigenvalue weighted by molar-refractivity contribution is -0.219. The zero-order chi connectivity index (χ0) is 24.5. The van der Waals surface area contributed by atoms with Crippen molar-refractivity contribution in [1.29, 1.82) is 0 Å². The molecule has 0 aromatic carbocycles. The highest BCUT2D eigenvalue weighted by molar-refractivity contribution is 7.90. The van der Waals surface area contributed by atoms with Crippen molar-refractivity contribution < 1.29 is 40.8 Å². The number of alkyl halides is 3. The zero-order valence-corrected chi connectivity index (χ0v) is 19.1. The van der Waals surface area contributed by atoms with Crippen LogP contribution in [0.2, 0.25) is 0 Å². The number of amides is 1. The average molecular weight is 485 g/mol. The summed E-state index contributed by atoms with van der Waals surface area (Å²) in [5.41, 5.74) is -1.06. The van der Waals surface area contributed by atoms with E-state index in [0.29, 0.717) is 17.3 Å². The normalized spacial score (nSPS) is 17.8. The van der Waals surface area contributed by atoms with Gasteiger partial charge in [-0.1, -0.05) is 0 Å². The van der Waals surface area contributed by atoms with Crippen LogP contribution in [0.3, 0.4) is 0 Å². The number of halogens is 3. The van der Waals surface area contributed by atoms with Gasteiger partial charge in [-0.3, -0.25) is 5.10 Å². The molecule has 11 nitrogen and oxygen atoms in total. The number of aromatic nitrogens is 2. The number of aromatic amines is 1. The van der Waals surface area contributed by atoms with Gasteiger partial charge in [-0.25, -0.2) is 13.9 Å². The van der Waals surface area contributed by atoms with E-state index in [4.69, 9.17) is 4.74 Å². The minimum atomic E-state index is -5.56. The van der Waals surface area contributed by atoms with Crippen molar-refractivity contribution in [3.63, 3.8) is 0 Å². The van der Waals surface area contributed by atoms with Crippen LogP contribution in [0.5, 0.6) is 0 Å². The Kier molecular flexibility index (Phi) is 7.34. The van der Waals surface area contributed by atoms with Crippen LogP contribution in [0.25, 0.3) is 0 Å². The number of ether oxygens (including phenoxy) is 1. The fourth-order valence-corrected chi connectivity index (χ4v) is 4.37. The number of hydrogen-bond donors (Lipinski definition) is 1. The summed E-state index contributed by atoms with van der Waals surface area (Å²) in [6, 6.07) is -0.308. The molecule has 0 unspecified atom stereocenters. The van der Waals surface area contributed by atoms with E-state index in [-0.39, 0.29) is 24.0 Å². The molecule has 1 aliphatic heterocycles. The molecule has 1 N–H and O–H groups in total. The van der Waals surface area contributed by atoms with Crippen molar-refractivity contribution >= 4 is 28.0 Å². The highest BCUT2D eigenvalue weighted by atomic mass is 32.2. The average Bonchev–Trinajstić information content (AvgIpc) is 3.22. The number of hydroxylamine groups is 1. The minimum absolute atomic E-state index is 0.0260. The van der Waals surface area contributed by atoms with Crippen LogP contribution >= 0.6 is 0 Å². The number of H-pyrrole nitrogens is 1. The molecule has 1 fully saturated rings. The molecule has 2 heterocycles. The van der Waals surface area contributed by atoms with Crippen molar-refractivity contribution in [2.75, 3.05) is 24.4 Å². The standard InChI is InChI=1S/C17H26F3N5O6S/c1-11-13(9-21-22-11)24(10-12-7-6-8-23(12)5)32(28,29)25(15(27)30-16(2,3)4)31-14(26)17(18,19)20/h9,12H,6-8,10H2,1-5H3,(H,21,22)/t12-/m0/s1. The zero-order valence-electron chi connectivity index (χ0n) is 18.3. The number of nitrogens with one attached hydrogen (secondary N) is 1. The molecular formula is C17H26F3N5O6S. The van der Waals surface area contributed by atoms with Crippen LogP contribution in [-0.4, -0.2) is 78.0 Å². The number of carbonyl (C=O) groups is 2. The van der Waals surface area contributed by atoms with Gasteiger partial charge in [-0.15, -0.1) is 0 Å². The molecule has 2 rings (SSSR count). The summed E-state index contributed by atoms with van der Waals surface area (Å²) >= 11 is 0. The van der Waals surface area contributed by atoms with Crippen LogP contribution in [0.15, 0.2) is 6.20 Å². The third-order valence-electron chi connectivity index (χ3n) is 4.55. The predicted molar refractivity (Wildman–Crippen MR) is 105 cm³/mol. The Hall–Kier alpha value is -2.55. The fraction of sp³-hybridized carbons (Fsp3) is 0.706. The van der Waals surface area contributed by atoms with Gasteiger partial charge in [0.15, 0.2) is 0 Å². The summed E-state index contributed by atoms with van der Waals surface area (Å²) < 4.78 is 70.2. The lowest BCUT2D eigenvalue weighted by Crippen LogP contribution is -2.53. The number of rotatable bonds is 5. The first-order chi connectivity index (χ1) is 14.5. The van der Waals surface area contributed by atoms with Gasteiger partial charge < -0.3 is 14.5 Å². The van der Waals surface area contributed by atoms with E-state index in [9.17, 15) is 31.2 Å². The van der Waals surface area contributed by atoms with Gasteiger partial charge in [0.05, 0.1) is 24.1 Å². The summed E-state index contributed by atoms with van der Waals surface area (Å²) in [6.07, 6.45) is -4.84. The van der Waals surface area contributed by atoms with Gasteiger partial charge >= 0.3 is 28.4 Å². The van der Waals surface area contributed by atoms with Gasteiger partial charge in [-0.2, -0.15) is 26.7 Å². The summed E-state index contributed by atoms with van der Waals surface area (Å²) in [7, 11) is -3.42. The molecule has 1 aliphatic rings. The second kappa shape index (κ2) is 9.13. The first-order valence-electron chi connectivity index (χ1n) is 9.59. The molecular weight excluding hydrogens is 459 g/mol. The summed E-state index contributed by atoms with van der Waals surface area (Å²) in [6.45, 7) is 6.04. The molecule has 0 saturated carbocycles. The maximum Gasteiger partial charge on any atom is 0.493 e. The largest absolute Gasteiger partial charge is 0.493 e. The van der Waals surface area contributed by atoms with E-state index in [1.54, 1.807) is 7.05 Å². The van der Waals surface area contributed by atoms with Crippen molar-refractivity contribution in [1.82, 2.24) is 19.6 Å². The maximum absolute atomic E-state index is 13.4. The number of likely N-dealkylation sites (tertiary alicyclic amines) is 1. The maximum atomic E-state index is 13.4. The van der Waals surface area contributed by atoms with Gasteiger partial charge in [0.25, 0.3) is 0 Å². The van der Waals surface area contributed by atoms with Crippen LogP contribution in [0.1, 0.15) is 39.3 Å². The molecule has 1 amide bonds. The van der Waals surface area contributed by atoms with E-state index in [1.807, 2.05) is 4.90 Å². The second-order valence-electron chi connectivity index (χ2n) is 8.28. The Morgan fingerprint density at radius 2 is 1.94 bits per heavy atom. The molecule has 0 radical (unpaired) electrons. The molecule has 0 aliphatic carbocycles. The topological polar surface area (TPSA) is 125 Å². The Labute approximate surface area is 183 Å². The number of hydrogen-bond acceptors (Lipinski definition) is 8. The molecule has 0 bridgehead atoms. The number of nitrogens with zero attached hydrogens (tertiary/aromatic N) is 4. The third-order valence-corrected chi connectivity index (χ3v) is 6.09. The van der Waals surface area contributed by atoms with Crippen molar-refractivity contribution in [2.24, 2.45) is 0 Å². The summed E-state index contributed by atoms with van der Waals surface area (Å²) in [5.74, 6) is -2.89. The number of carbonyl (C=O) groups excluding carboxylic acids is 2. The lowest BCUT2D eigenvalue weighted by atomic mass is 10.2. The lowest BCUT2D eigenvalue weighted by Gasteiger charge is -2.33. The first-order valence-corrected chi connectivity index (χ1v) is 11.0. The third kappa shape index (κ3) is 6.03. The van der Waals surface area contributed by atoms with Crippen molar-refractivity contribution in [3.8, 4) is 0 Å². The number of aryl methyl sites for hydroxylation is 1. The smallest absolute Gasteiger partial charge is 0.441 e.